The highest BCUT2D eigenvalue weighted by molar-refractivity contribution is 5.91. The molecule has 0 spiro atoms. The van der Waals surface area contributed by atoms with E-state index in [0.29, 0.717) is 6.54 Å². The third kappa shape index (κ3) is 6.77. The number of carbonyl (C=O) groups is 1. The predicted octanol–water partition coefficient (Wildman–Crippen LogP) is 5.36. The Balaban J connectivity index is 1.45. The van der Waals surface area contributed by atoms with Crippen molar-refractivity contribution in [3.05, 3.63) is 125 Å². The lowest BCUT2D eigenvalue weighted by Crippen LogP contribution is -2.24. The molecule has 35 heavy (non-hydrogen) atoms. The second-order valence-electron chi connectivity index (χ2n) is 7.94. The van der Waals surface area contributed by atoms with Gasteiger partial charge in [0, 0.05) is 31.3 Å². The molecule has 5 nitrogen and oxygen atoms in total. The van der Waals surface area contributed by atoms with Crippen LogP contribution >= 0.6 is 0 Å². The van der Waals surface area contributed by atoms with Gasteiger partial charge in [0.15, 0.2) is 5.69 Å². The molecule has 4 rings (SSSR count). The first-order chi connectivity index (χ1) is 16.9. The number of halogens is 4. The highest BCUT2D eigenvalue weighted by atomic mass is 19.1. The van der Waals surface area contributed by atoms with Gasteiger partial charge in [-0.15, -0.1) is 0 Å². The maximum atomic E-state index is 14.3. The summed E-state index contributed by atoms with van der Waals surface area (Å²) in [5, 5.41) is 2.68. The van der Waals surface area contributed by atoms with Crippen molar-refractivity contribution >= 4 is 5.91 Å². The van der Waals surface area contributed by atoms with Gasteiger partial charge >= 0.3 is 0 Å². The van der Waals surface area contributed by atoms with Crippen molar-refractivity contribution in [3.8, 4) is 0 Å². The summed E-state index contributed by atoms with van der Waals surface area (Å²) in [4.78, 5) is 18.4. The molecule has 3 aromatic carbocycles. The Morgan fingerprint density at radius 1 is 0.800 bits per heavy atom. The van der Waals surface area contributed by atoms with Crippen molar-refractivity contribution < 1.29 is 26.8 Å². The minimum absolute atomic E-state index is 0.0526. The number of hydrogen-bond donors (Lipinski definition) is 1. The van der Waals surface area contributed by atoms with Crippen LogP contribution in [0.3, 0.4) is 0 Å². The Morgan fingerprint density at radius 3 is 2.09 bits per heavy atom. The van der Waals surface area contributed by atoms with Crippen LogP contribution in [0.5, 0.6) is 0 Å². The highest BCUT2D eigenvalue weighted by Gasteiger charge is 2.17. The van der Waals surface area contributed by atoms with Crippen LogP contribution in [0.4, 0.5) is 17.6 Å². The Bertz CT molecular complexity index is 1290. The smallest absolute Gasteiger partial charge is 0.273 e. The Hall–Kier alpha value is -3.98. The van der Waals surface area contributed by atoms with Crippen LogP contribution in [0.1, 0.15) is 33.1 Å². The monoisotopic (exact) mass is 483 g/mol. The fourth-order valence-electron chi connectivity index (χ4n) is 3.46. The molecule has 1 N–H and O–H groups in total. The minimum atomic E-state index is -0.692. The number of hydrogen-bond acceptors (Lipinski definition) is 4. The van der Waals surface area contributed by atoms with E-state index in [9.17, 15) is 22.4 Å². The molecule has 0 bridgehead atoms. The van der Waals surface area contributed by atoms with Gasteiger partial charge in [0.2, 0.25) is 5.89 Å². The molecule has 1 aromatic heterocycles. The van der Waals surface area contributed by atoms with Gasteiger partial charge in [0.1, 0.15) is 29.5 Å². The first-order valence-corrected chi connectivity index (χ1v) is 10.7. The second kappa shape index (κ2) is 11.0. The van der Waals surface area contributed by atoms with Crippen molar-refractivity contribution in [1.29, 1.82) is 0 Å². The van der Waals surface area contributed by atoms with Crippen molar-refractivity contribution in [2.24, 2.45) is 0 Å². The first kappa shape index (κ1) is 24.2. The summed E-state index contributed by atoms with van der Waals surface area (Å²) in [5.74, 6) is -2.39. The van der Waals surface area contributed by atoms with Crippen LogP contribution < -0.4 is 5.32 Å². The molecule has 0 aliphatic rings. The van der Waals surface area contributed by atoms with Crippen LogP contribution in [0.15, 0.2) is 77.4 Å². The first-order valence-electron chi connectivity index (χ1n) is 10.7. The largest absolute Gasteiger partial charge is 0.447 e. The third-order valence-electron chi connectivity index (χ3n) is 5.24. The van der Waals surface area contributed by atoms with E-state index in [0.717, 1.165) is 17.2 Å². The van der Waals surface area contributed by atoms with Crippen molar-refractivity contribution in [1.82, 2.24) is 15.2 Å². The van der Waals surface area contributed by atoms with Gasteiger partial charge in [-0.1, -0.05) is 30.3 Å². The lowest BCUT2D eigenvalue weighted by Gasteiger charge is -2.21. The van der Waals surface area contributed by atoms with E-state index in [4.69, 9.17) is 4.42 Å². The molecule has 1 amide bonds. The molecule has 4 aromatic rings. The van der Waals surface area contributed by atoms with Gasteiger partial charge in [-0.3, -0.25) is 9.69 Å². The highest BCUT2D eigenvalue weighted by Crippen LogP contribution is 2.18. The number of rotatable bonds is 9. The number of benzene rings is 3. The van der Waals surface area contributed by atoms with Gasteiger partial charge < -0.3 is 9.73 Å². The zero-order chi connectivity index (χ0) is 24.8. The van der Waals surface area contributed by atoms with Gasteiger partial charge in [0.05, 0.1) is 6.54 Å². The quantitative estimate of drug-likeness (QED) is 0.326. The predicted molar refractivity (Wildman–Crippen MR) is 120 cm³/mol. The minimum Gasteiger partial charge on any atom is -0.447 e. The molecular formula is C26H21F4N3O2. The zero-order valence-corrected chi connectivity index (χ0v) is 18.5. The molecule has 0 aliphatic heterocycles. The van der Waals surface area contributed by atoms with Crippen molar-refractivity contribution in [2.45, 2.75) is 26.2 Å². The fraction of sp³-hybridized carbons (Fsp3) is 0.154. The van der Waals surface area contributed by atoms with Gasteiger partial charge in [-0.25, -0.2) is 22.5 Å². The van der Waals surface area contributed by atoms with E-state index >= 15 is 0 Å². The maximum absolute atomic E-state index is 14.3. The standard InChI is InChI=1S/C26H21F4N3O2/c27-20-6-1-17(2-7-20)12-31-26(34)24-16-35-25(32-24)15-33(13-18-3-8-21(28)9-4-18)14-19-5-10-22(29)11-23(19)30/h1-11,16H,12-15H2,(H,31,34). The van der Waals surface area contributed by atoms with Gasteiger partial charge in [-0.05, 0) is 41.5 Å². The molecule has 0 unspecified atom stereocenters. The molecule has 0 saturated carbocycles. The van der Waals surface area contributed by atoms with E-state index < -0.39 is 17.5 Å². The number of carbonyl (C=O) groups excluding carboxylic acids is 1. The van der Waals surface area contributed by atoms with E-state index in [-0.39, 0.29) is 48.4 Å². The normalized spacial score (nSPS) is 11.1. The molecule has 1 heterocycles. The SMILES string of the molecule is O=C(NCc1ccc(F)cc1)c1coc(CN(Cc2ccc(F)cc2)Cc2ccc(F)cc2F)n1. The molecule has 0 aliphatic carbocycles. The molecular weight excluding hydrogens is 462 g/mol. The van der Waals surface area contributed by atoms with E-state index in [1.54, 1.807) is 29.2 Å². The summed E-state index contributed by atoms with van der Waals surface area (Å²) >= 11 is 0. The number of nitrogens with zero attached hydrogens (tertiary/aromatic N) is 2. The molecule has 0 saturated heterocycles. The third-order valence-corrected chi connectivity index (χ3v) is 5.24. The number of aromatic nitrogens is 1. The van der Waals surface area contributed by atoms with Crippen LogP contribution in [-0.4, -0.2) is 15.8 Å². The number of oxazole rings is 1. The number of nitrogens with one attached hydrogen (secondary N) is 1. The van der Waals surface area contributed by atoms with Crippen LogP contribution in [0.2, 0.25) is 0 Å². The maximum Gasteiger partial charge on any atom is 0.273 e. The molecule has 180 valence electrons. The average molecular weight is 483 g/mol. The van der Waals surface area contributed by atoms with Crippen LogP contribution in [0.25, 0.3) is 0 Å². The Morgan fingerprint density at radius 2 is 1.43 bits per heavy atom. The summed E-state index contributed by atoms with van der Waals surface area (Å²) in [6.07, 6.45) is 1.21. The van der Waals surface area contributed by atoms with Gasteiger partial charge in [0.25, 0.3) is 5.91 Å². The van der Waals surface area contributed by atoms with Gasteiger partial charge in [-0.2, -0.15) is 0 Å². The fourth-order valence-corrected chi connectivity index (χ4v) is 3.46. The Kier molecular flexibility index (Phi) is 7.57. The summed E-state index contributed by atoms with van der Waals surface area (Å²) in [6.45, 7) is 0.685. The average Bonchev–Trinajstić information content (AvgIpc) is 3.30. The van der Waals surface area contributed by atoms with E-state index in [2.05, 4.69) is 10.3 Å². The molecule has 9 heteroatoms. The lowest BCUT2D eigenvalue weighted by atomic mass is 10.1. The molecule has 0 fully saturated rings. The second-order valence-corrected chi connectivity index (χ2v) is 7.94. The summed E-state index contributed by atoms with van der Waals surface area (Å²) < 4.78 is 59.4. The van der Waals surface area contributed by atoms with Crippen LogP contribution in [0, 0.1) is 23.3 Å². The lowest BCUT2D eigenvalue weighted by molar-refractivity contribution is 0.0945. The molecule has 0 atom stereocenters. The molecule has 0 radical (unpaired) electrons. The zero-order valence-electron chi connectivity index (χ0n) is 18.5. The Labute approximate surface area is 199 Å². The van der Waals surface area contributed by atoms with Crippen molar-refractivity contribution in [3.63, 3.8) is 0 Å². The van der Waals surface area contributed by atoms with Crippen molar-refractivity contribution in [2.75, 3.05) is 0 Å². The van der Waals surface area contributed by atoms with Crippen LogP contribution in [-0.2, 0) is 26.2 Å². The topological polar surface area (TPSA) is 58.4 Å². The van der Waals surface area contributed by atoms with E-state index in [1.807, 2.05) is 0 Å². The van der Waals surface area contributed by atoms with E-state index in [1.165, 1.54) is 42.7 Å². The number of amides is 1. The summed E-state index contributed by atoms with van der Waals surface area (Å²) in [6, 6.07) is 14.9. The summed E-state index contributed by atoms with van der Waals surface area (Å²) in [5.41, 5.74) is 1.79. The summed E-state index contributed by atoms with van der Waals surface area (Å²) in [7, 11) is 0.